The van der Waals surface area contributed by atoms with Crippen molar-refractivity contribution >= 4 is 29.3 Å². The molecule has 1 N–H and O–H groups in total. The van der Waals surface area contributed by atoms with Gasteiger partial charge in [0.15, 0.2) is 0 Å². The molecule has 11 heteroatoms. The first-order valence-corrected chi connectivity index (χ1v) is 11.0. The van der Waals surface area contributed by atoms with Crippen molar-refractivity contribution in [3.05, 3.63) is 54.0 Å². The number of nitrogens with zero attached hydrogens (tertiary/aromatic N) is 4. The molecule has 1 aliphatic heterocycles. The lowest BCUT2D eigenvalue weighted by atomic mass is 9.94. The molecule has 3 heterocycles. The number of piperidine rings is 1. The first-order valence-electron chi connectivity index (χ1n) is 11.0. The van der Waals surface area contributed by atoms with Gasteiger partial charge in [0.2, 0.25) is 0 Å². The molecule has 184 valence electrons. The van der Waals surface area contributed by atoms with Crippen LogP contribution >= 0.6 is 12.4 Å². The number of benzene rings is 1. The maximum absolute atomic E-state index is 14.3. The third-order valence-corrected chi connectivity index (χ3v) is 6.47. The van der Waals surface area contributed by atoms with Crippen LogP contribution in [0.4, 0.5) is 27.8 Å². The van der Waals surface area contributed by atoms with Crippen LogP contribution in [0.1, 0.15) is 30.4 Å². The fourth-order valence-corrected chi connectivity index (χ4v) is 4.47. The average Bonchev–Trinajstić information content (AvgIpc) is 3.53. The van der Waals surface area contributed by atoms with Crippen molar-refractivity contribution in [2.24, 2.45) is 5.92 Å². The van der Waals surface area contributed by atoms with E-state index >= 15 is 0 Å². The summed E-state index contributed by atoms with van der Waals surface area (Å²) in [4.78, 5) is 10.9. The Hall–Kier alpha value is -2.46. The number of alkyl halides is 5. The van der Waals surface area contributed by atoms with Gasteiger partial charge in [-0.15, -0.1) is 12.4 Å². The summed E-state index contributed by atoms with van der Waals surface area (Å²) in [6, 6.07) is 7.23. The molecule has 1 saturated heterocycles. The second kappa shape index (κ2) is 9.30. The summed E-state index contributed by atoms with van der Waals surface area (Å²) in [5, 5.41) is 3.50. The van der Waals surface area contributed by atoms with Gasteiger partial charge in [-0.05, 0) is 49.6 Å². The third-order valence-electron chi connectivity index (χ3n) is 6.47. The molecule has 2 aliphatic rings. The Labute approximate surface area is 199 Å². The molecule has 0 bridgehead atoms. The van der Waals surface area contributed by atoms with Crippen molar-refractivity contribution in [2.45, 2.75) is 50.5 Å². The molecule has 5 nitrogen and oxygen atoms in total. The van der Waals surface area contributed by atoms with Crippen LogP contribution < -0.4 is 10.2 Å². The van der Waals surface area contributed by atoms with Crippen molar-refractivity contribution in [1.29, 1.82) is 0 Å². The van der Waals surface area contributed by atoms with E-state index in [1.807, 2.05) is 6.07 Å². The highest BCUT2D eigenvalue weighted by Crippen LogP contribution is 2.37. The van der Waals surface area contributed by atoms with Crippen LogP contribution in [-0.4, -0.2) is 39.6 Å². The van der Waals surface area contributed by atoms with E-state index in [1.54, 1.807) is 10.8 Å². The van der Waals surface area contributed by atoms with Crippen molar-refractivity contribution < 1.29 is 22.0 Å². The van der Waals surface area contributed by atoms with Crippen molar-refractivity contribution in [3.8, 4) is 0 Å². The molecule has 1 saturated carbocycles. The SMILES string of the molecule is Cl.FC(F)(F)c1ccc(CN(c2ncnc3c2ccn3CC2CCNCC2(F)F)C2CC2)cc1. The summed E-state index contributed by atoms with van der Waals surface area (Å²) in [5.41, 5.74) is 0.656. The Kier molecular flexibility index (Phi) is 6.74. The molecule has 5 rings (SSSR count). The van der Waals surface area contributed by atoms with E-state index < -0.39 is 23.6 Å². The first kappa shape index (κ1) is 24.7. The molecular weight excluding hydrogens is 477 g/mol. The lowest BCUT2D eigenvalue weighted by Crippen LogP contribution is -2.47. The molecular formula is C23H25ClF5N5. The molecule has 1 aliphatic carbocycles. The highest BCUT2D eigenvalue weighted by atomic mass is 35.5. The minimum absolute atomic E-state index is 0. The molecule has 2 aromatic heterocycles. The Morgan fingerprint density at radius 2 is 1.79 bits per heavy atom. The van der Waals surface area contributed by atoms with Crippen LogP contribution in [0.3, 0.4) is 0 Å². The van der Waals surface area contributed by atoms with Crippen LogP contribution in [-0.2, 0) is 19.3 Å². The number of fused-ring (bicyclic) bond motifs is 1. The van der Waals surface area contributed by atoms with Gasteiger partial charge in [-0.2, -0.15) is 13.2 Å². The van der Waals surface area contributed by atoms with E-state index in [4.69, 9.17) is 0 Å². The van der Waals surface area contributed by atoms with Gasteiger partial charge in [-0.25, -0.2) is 18.7 Å². The minimum Gasteiger partial charge on any atom is -0.349 e. The molecule has 0 radical (unpaired) electrons. The van der Waals surface area contributed by atoms with Crippen LogP contribution in [0.2, 0.25) is 0 Å². The van der Waals surface area contributed by atoms with E-state index in [1.165, 1.54) is 18.5 Å². The Balaban J connectivity index is 0.00000274. The third kappa shape index (κ3) is 4.98. The molecule has 1 unspecified atom stereocenters. The fourth-order valence-electron chi connectivity index (χ4n) is 4.47. The first-order chi connectivity index (χ1) is 15.7. The van der Waals surface area contributed by atoms with Gasteiger partial charge in [0.25, 0.3) is 5.92 Å². The molecule has 0 amide bonds. The monoisotopic (exact) mass is 501 g/mol. The summed E-state index contributed by atoms with van der Waals surface area (Å²) in [6.45, 7) is 0.811. The second-order valence-electron chi connectivity index (χ2n) is 8.88. The molecule has 34 heavy (non-hydrogen) atoms. The number of hydrogen-bond donors (Lipinski definition) is 1. The zero-order chi connectivity index (χ0) is 23.2. The van der Waals surface area contributed by atoms with E-state index in [-0.39, 0.29) is 31.5 Å². The van der Waals surface area contributed by atoms with Gasteiger partial charge in [-0.3, -0.25) is 0 Å². The predicted octanol–water partition coefficient (Wildman–Crippen LogP) is 5.29. The van der Waals surface area contributed by atoms with Gasteiger partial charge in [0, 0.05) is 31.2 Å². The number of nitrogens with one attached hydrogen (secondary N) is 1. The van der Waals surface area contributed by atoms with Gasteiger partial charge in [0.1, 0.15) is 17.8 Å². The lowest BCUT2D eigenvalue weighted by Gasteiger charge is -2.32. The van der Waals surface area contributed by atoms with E-state index in [2.05, 4.69) is 20.2 Å². The topological polar surface area (TPSA) is 46.0 Å². The Bertz CT molecular complexity index is 1130. The van der Waals surface area contributed by atoms with Crippen LogP contribution in [0.25, 0.3) is 11.0 Å². The zero-order valence-electron chi connectivity index (χ0n) is 18.2. The minimum atomic E-state index is -4.37. The average molecular weight is 502 g/mol. The molecule has 1 aromatic carbocycles. The number of halogens is 6. The largest absolute Gasteiger partial charge is 0.416 e. The highest BCUT2D eigenvalue weighted by molar-refractivity contribution is 5.88. The smallest absolute Gasteiger partial charge is 0.349 e. The maximum Gasteiger partial charge on any atom is 0.416 e. The predicted molar refractivity (Wildman–Crippen MR) is 121 cm³/mol. The number of rotatable bonds is 6. The Morgan fingerprint density at radius 3 is 2.44 bits per heavy atom. The van der Waals surface area contributed by atoms with Crippen LogP contribution in [0.15, 0.2) is 42.9 Å². The summed E-state index contributed by atoms with van der Waals surface area (Å²) in [5.74, 6) is -2.88. The van der Waals surface area contributed by atoms with E-state index in [9.17, 15) is 22.0 Å². The van der Waals surface area contributed by atoms with Crippen LogP contribution in [0.5, 0.6) is 0 Å². The quantitative estimate of drug-likeness (QED) is 0.466. The molecule has 3 aromatic rings. The molecule has 1 atom stereocenters. The Morgan fingerprint density at radius 1 is 1.06 bits per heavy atom. The normalized spacial score (nSPS) is 20.2. The summed E-state index contributed by atoms with van der Waals surface area (Å²) in [6.07, 6.45) is 1.14. The highest BCUT2D eigenvalue weighted by Gasteiger charge is 2.41. The molecule has 2 fully saturated rings. The molecule has 0 spiro atoms. The van der Waals surface area contributed by atoms with Gasteiger partial charge < -0.3 is 14.8 Å². The van der Waals surface area contributed by atoms with Gasteiger partial charge in [-0.1, -0.05) is 12.1 Å². The van der Waals surface area contributed by atoms with Crippen molar-refractivity contribution in [2.75, 3.05) is 18.0 Å². The zero-order valence-corrected chi connectivity index (χ0v) is 19.0. The summed E-state index contributed by atoms with van der Waals surface area (Å²) < 4.78 is 69.1. The van der Waals surface area contributed by atoms with Gasteiger partial charge >= 0.3 is 6.18 Å². The van der Waals surface area contributed by atoms with E-state index in [0.717, 1.165) is 35.9 Å². The summed E-state index contributed by atoms with van der Waals surface area (Å²) >= 11 is 0. The summed E-state index contributed by atoms with van der Waals surface area (Å²) in [7, 11) is 0. The standard InChI is InChI=1S/C23H24F5N5.ClH/c24-22(25)13-29-9-7-17(22)12-32-10-8-19-20(32)30-14-31-21(19)33(18-5-6-18)11-15-1-3-16(4-2-15)23(26,27)28;/h1-4,8,10,14,17-18,29H,5-7,9,11-13H2;1H. The fraction of sp³-hybridized carbons (Fsp3) is 0.478. The van der Waals surface area contributed by atoms with Crippen molar-refractivity contribution in [3.63, 3.8) is 0 Å². The van der Waals surface area contributed by atoms with E-state index in [0.29, 0.717) is 31.0 Å². The van der Waals surface area contributed by atoms with Crippen LogP contribution in [0, 0.1) is 5.92 Å². The second-order valence-corrected chi connectivity index (χ2v) is 8.88. The number of anilines is 1. The maximum atomic E-state index is 14.3. The lowest BCUT2D eigenvalue weighted by molar-refractivity contribution is -0.137. The number of hydrogen-bond acceptors (Lipinski definition) is 4. The number of aromatic nitrogens is 3. The van der Waals surface area contributed by atoms with Gasteiger partial charge in [0.05, 0.1) is 17.5 Å². The van der Waals surface area contributed by atoms with Crippen molar-refractivity contribution in [1.82, 2.24) is 19.9 Å².